The maximum atomic E-state index is 9.37. The lowest BCUT2D eigenvalue weighted by Crippen LogP contribution is -2.01. The summed E-state index contributed by atoms with van der Waals surface area (Å²) in [6.45, 7) is 0.353. The molecule has 0 aliphatic rings. The maximum absolute atomic E-state index is 9.37. The van der Waals surface area contributed by atoms with E-state index in [9.17, 15) is 5.11 Å². The van der Waals surface area contributed by atoms with Crippen molar-refractivity contribution in [3.63, 3.8) is 0 Å². The van der Waals surface area contributed by atoms with Gasteiger partial charge in [-0.3, -0.25) is 0 Å². The van der Waals surface area contributed by atoms with Gasteiger partial charge in [0.15, 0.2) is 5.82 Å². The first-order valence-electron chi connectivity index (χ1n) is 5.21. The lowest BCUT2D eigenvalue weighted by atomic mass is 10.2. The highest BCUT2D eigenvalue weighted by Gasteiger charge is 2.08. The maximum Gasteiger partial charge on any atom is 0.161 e. The lowest BCUT2D eigenvalue weighted by molar-refractivity contribution is 0.181. The number of anilines is 1. The van der Waals surface area contributed by atoms with E-state index in [1.165, 1.54) is 6.07 Å². The average Bonchev–Trinajstić information content (AvgIpc) is 2.32. The molecule has 0 amide bonds. The molecule has 0 atom stereocenters. The van der Waals surface area contributed by atoms with Crippen LogP contribution in [-0.2, 0) is 11.3 Å². The van der Waals surface area contributed by atoms with Gasteiger partial charge in [0.25, 0.3) is 0 Å². The molecule has 5 nitrogen and oxygen atoms in total. The van der Waals surface area contributed by atoms with Gasteiger partial charge in [0.1, 0.15) is 11.6 Å². The molecule has 0 saturated heterocycles. The van der Waals surface area contributed by atoms with Crippen molar-refractivity contribution in [3.05, 3.63) is 35.0 Å². The van der Waals surface area contributed by atoms with E-state index in [1.54, 1.807) is 25.3 Å². The minimum absolute atomic E-state index is 0.0152. The molecule has 0 radical (unpaired) electrons. The molecule has 1 aromatic heterocycles. The van der Waals surface area contributed by atoms with Crippen LogP contribution >= 0.6 is 11.6 Å². The van der Waals surface area contributed by atoms with Crippen molar-refractivity contribution < 1.29 is 9.84 Å². The number of rotatable bonds is 3. The zero-order valence-corrected chi connectivity index (χ0v) is 10.5. The lowest BCUT2D eigenvalue weighted by Gasteiger charge is -2.06. The number of aromatic nitrogens is 2. The fourth-order valence-electron chi connectivity index (χ4n) is 1.52. The van der Waals surface area contributed by atoms with Crippen molar-refractivity contribution in [2.24, 2.45) is 0 Å². The Kier molecular flexibility index (Phi) is 3.64. The molecule has 0 bridgehead atoms. The summed E-state index contributed by atoms with van der Waals surface area (Å²) in [5.41, 5.74) is 7.07. The van der Waals surface area contributed by atoms with Crippen LogP contribution in [0.15, 0.2) is 24.3 Å². The van der Waals surface area contributed by atoms with E-state index >= 15 is 0 Å². The summed E-state index contributed by atoms with van der Waals surface area (Å²) in [6.07, 6.45) is 0. The molecule has 0 aliphatic carbocycles. The average molecular weight is 266 g/mol. The minimum atomic E-state index is 0.0152. The molecule has 0 fully saturated rings. The van der Waals surface area contributed by atoms with Gasteiger partial charge in [-0.15, -0.1) is 0 Å². The van der Waals surface area contributed by atoms with Crippen LogP contribution in [0.3, 0.4) is 0 Å². The predicted octanol–water partition coefficient (Wildman–Crippen LogP) is 2.23. The van der Waals surface area contributed by atoms with Gasteiger partial charge in [-0.25, -0.2) is 9.97 Å². The number of benzene rings is 1. The number of phenols is 1. The topological polar surface area (TPSA) is 81.3 Å². The van der Waals surface area contributed by atoms with Gasteiger partial charge in [-0.05, 0) is 18.2 Å². The molecule has 3 N–H and O–H groups in total. The Bertz CT molecular complexity index is 575. The summed E-state index contributed by atoms with van der Waals surface area (Å²) in [4.78, 5) is 8.44. The van der Waals surface area contributed by atoms with Crippen molar-refractivity contribution in [2.75, 3.05) is 12.8 Å². The van der Waals surface area contributed by atoms with Crippen molar-refractivity contribution in [1.29, 1.82) is 0 Å². The Labute approximate surface area is 109 Å². The van der Waals surface area contributed by atoms with Crippen molar-refractivity contribution in [2.45, 2.75) is 6.61 Å². The van der Waals surface area contributed by atoms with Crippen molar-refractivity contribution >= 4 is 17.4 Å². The third-order valence-electron chi connectivity index (χ3n) is 2.30. The Morgan fingerprint density at radius 3 is 2.78 bits per heavy atom. The van der Waals surface area contributed by atoms with Crippen LogP contribution in [0.4, 0.5) is 5.82 Å². The van der Waals surface area contributed by atoms with Crippen LogP contribution in [0.5, 0.6) is 5.75 Å². The van der Waals surface area contributed by atoms with Crippen LogP contribution in [0.25, 0.3) is 11.4 Å². The summed E-state index contributed by atoms with van der Waals surface area (Å²) in [5, 5.41) is 9.61. The first-order chi connectivity index (χ1) is 8.60. The quantitative estimate of drug-likeness (QED) is 0.889. The molecule has 2 aromatic rings. The normalized spacial score (nSPS) is 10.6. The zero-order valence-electron chi connectivity index (χ0n) is 9.72. The number of hydrogen-bond donors (Lipinski definition) is 2. The molecule has 0 saturated carbocycles. The highest BCUT2D eigenvalue weighted by Crippen LogP contribution is 2.28. The third kappa shape index (κ3) is 2.69. The Balaban J connectivity index is 2.46. The fraction of sp³-hybridized carbons (Fsp3) is 0.167. The third-order valence-corrected chi connectivity index (χ3v) is 2.60. The van der Waals surface area contributed by atoms with E-state index in [-0.39, 0.29) is 10.8 Å². The molecular weight excluding hydrogens is 254 g/mol. The molecule has 2 rings (SSSR count). The van der Waals surface area contributed by atoms with Crippen LogP contribution in [-0.4, -0.2) is 22.2 Å². The van der Waals surface area contributed by atoms with Gasteiger partial charge in [-0.2, -0.15) is 0 Å². The van der Waals surface area contributed by atoms with Gasteiger partial charge < -0.3 is 15.6 Å². The molecule has 0 unspecified atom stereocenters. The summed E-state index contributed by atoms with van der Waals surface area (Å²) >= 11 is 5.84. The number of phenolic OH excluding ortho intramolecular Hbond substituents is 1. The van der Waals surface area contributed by atoms with Crippen molar-refractivity contribution in [3.8, 4) is 17.1 Å². The van der Waals surface area contributed by atoms with E-state index in [2.05, 4.69) is 9.97 Å². The van der Waals surface area contributed by atoms with E-state index in [4.69, 9.17) is 22.1 Å². The largest absolute Gasteiger partial charge is 0.506 e. The van der Waals surface area contributed by atoms with Crippen LogP contribution < -0.4 is 5.73 Å². The molecular formula is C12H12ClN3O2. The first-order valence-corrected chi connectivity index (χ1v) is 5.59. The number of ether oxygens (including phenoxy) is 1. The Morgan fingerprint density at radius 2 is 2.11 bits per heavy atom. The summed E-state index contributed by atoms with van der Waals surface area (Å²) < 4.78 is 5.00. The second kappa shape index (κ2) is 5.20. The SMILES string of the molecule is COCc1cc(N)nc(-c2ccc(O)c(Cl)c2)n1. The Hall–Kier alpha value is -1.85. The van der Waals surface area contributed by atoms with Crippen LogP contribution in [0.1, 0.15) is 5.69 Å². The number of nitrogens with two attached hydrogens (primary N) is 1. The number of halogens is 1. The molecule has 1 aromatic carbocycles. The molecule has 94 valence electrons. The monoisotopic (exact) mass is 265 g/mol. The van der Waals surface area contributed by atoms with Crippen LogP contribution in [0.2, 0.25) is 5.02 Å². The minimum Gasteiger partial charge on any atom is -0.506 e. The number of aromatic hydroxyl groups is 1. The predicted molar refractivity (Wildman–Crippen MR) is 69.3 cm³/mol. The fourth-order valence-corrected chi connectivity index (χ4v) is 1.70. The van der Waals surface area contributed by atoms with E-state index < -0.39 is 0 Å². The molecule has 1 heterocycles. The highest BCUT2D eigenvalue weighted by molar-refractivity contribution is 6.32. The molecule has 0 aliphatic heterocycles. The van der Waals surface area contributed by atoms with E-state index in [0.29, 0.717) is 29.5 Å². The highest BCUT2D eigenvalue weighted by atomic mass is 35.5. The first kappa shape index (κ1) is 12.6. The second-order valence-electron chi connectivity index (χ2n) is 3.71. The molecule has 0 spiro atoms. The van der Waals surface area contributed by atoms with Gasteiger partial charge in [0, 0.05) is 18.7 Å². The van der Waals surface area contributed by atoms with Gasteiger partial charge in [0.05, 0.1) is 17.3 Å². The summed E-state index contributed by atoms with van der Waals surface area (Å²) in [5.74, 6) is 0.821. The number of nitrogen functional groups attached to an aromatic ring is 1. The van der Waals surface area contributed by atoms with Crippen LogP contribution in [0, 0.1) is 0 Å². The number of hydrogen-bond acceptors (Lipinski definition) is 5. The summed E-state index contributed by atoms with van der Waals surface area (Å²) in [7, 11) is 1.58. The van der Waals surface area contributed by atoms with E-state index in [0.717, 1.165) is 0 Å². The van der Waals surface area contributed by atoms with Gasteiger partial charge in [0.2, 0.25) is 0 Å². The van der Waals surface area contributed by atoms with Gasteiger partial charge in [-0.1, -0.05) is 11.6 Å². The number of methoxy groups -OCH3 is 1. The standard InChI is InChI=1S/C12H12ClN3O2/c1-18-6-8-5-11(14)16-12(15-8)7-2-3-10(17)9(13)4-7/h2-5,17H,6H2,1H3,(H2,14,15,16). The number of nitrogens with zero attached hydrogens (tertiary/aromatic N) is 2. The molecule has 6 heteroatoms. The molecule has 18 heavy (non-hydrogen) atoms. The van der Waals surface area contributed by atoms with Gasteiger partial charge >= 0.3 is 0 Å². The summed E-state index contributed by atoms with van der Waals surface area (Å²) in [6, 6.07) is 6.39. The Morgan fingerprint density at radius 1 is 1.33 bits per heavy atom. The smallest absolute Gasteiger partial charge is 0.161 e. The zero-order chi connectivity index (χ0) is 13.1. The van der Waals surface area contributed by atoms with Crippen molar-refractivity contribution in [1.82, 2.24) is 9.97 Å². The van der Waals surface area contributed by atoms with E-state index in [1.807, 2.05) is 0 Å². The second-order valence-corrected chi connectivity index (χ2v) is 4.11.